The highest BCUT2D eigenvalue weighted by atomic mass is 16.5. The number of aliphatic hydroxyl groups excluding tert-OH is 1. The molecule has 1 aromatic heterocycles. The maximum Gasteiger partial charge on any atom is 0.316 e. The van der Waals surface area contributed by atoms with Crippen LogP contribution in [0.3, 0.4) is 0 Å². The highest BCUT2D eigenvalue weighted by Gasteiger charge is 2.40. The molecular weight excluding hydrogens is 324 g/mol. The van der Waals surface area contributed by atoms with Crippen molar-refractivity contribution < 1.29 is 19.4 Å². The Morgan fingerprint density at radius 1 is 1.36 bits per heavy atom. The van der Waals surface area contributed by atoms with Gasteiger partial charge < -0.3 is 19.6 Å². The summed E-state index contributed by atoms with van der Waals surface area (Å²) in [5.41, 5.74) is 0.447. The molecule has 2 atom stereocenters. The van der Waals surface area contributed by atoms with Crippen LogP contribution in [0.1, 0.15) is 36.0 Å². The number of piperidine rings is 2. The summed E-state index contributed by atoms with van der Waals surface area (Å²) in [7, 11) is 1.48. The summed E-state index contributed by atoms with van der Waals surface area (Å²) in [4.78, 5) is 36.6. The van der Waals surface area contributed by atoms with Crippen molar-refractivity contribution in [2.24, 2.45) is 5.92 Å². The van der Waals surface area contributed by atoms with E-state index in [9.17, 15) is 9.59 Å². The van der Waals surface area contributed by atoms with Crippen LogP contribution in [-0.2, 0) is 4.79 Å². The van der Waals surface area contributed by atoms with Crippen molar-refractivity contribution in [1.29, 1.82) is 0 Å². The molecule has 8 heteroatoms. The predicted molar refractivity (Wildman–Crippen MR) is 89.0 cm³/mol. The zero-order chi connectivity index (χ0) is 17.8. The zero-order valence-corrected chi connectivity index (χ0v) is 14.4. The lowest BCUT2D eigenvalue weighted by Crippen LogP contribution is -2.57. The molecule has 8 nitrogen and oxygen atoms in total. The summed E-state index contributed by atoms with van der Waals surface area (Å²) in [6, 6.07) is 0.407. The van der Waals surface area contributed by atoms with Gasteiger partial charge in [0.15, 0.2) is 0 Å². The van der Waals surface area contributed by atoms with Crippen LogP contribution in [-0.4, -0.2) is 76.1 Å². The van der Waals surface area contributed by atoms with E-state index in [0.717, 1.165) is 12.8 Å². The number of hydrogen-bond donors (Lipinski definition) is 1. The summed E-state index contributed by atoms with van der Waals surface area (Å²) in [6.45, 7) is 1.92. The molecule has 0 saturated carbocycles. The zero-order valence-electron chi connectivity index (χ0n) is 14.4. The number of ether oxygens (including phenoxy) is 1. The van der Waals surface area contributed by atoms with Crippen LogP contribution >= 0.6 is 0 Å². The Labute approximate surface area is 146 Å². The average Bonchev–Trinajstić information content (AvgIpc) is 2.66. The Bertz CT molecular complexity index is 622. The first kappa shape index (κ1) is 17.6. The Balaban J connectivity index is 1.66. The highest BCUT2D eigenvalue weighted by molar-refractivity contribution is 5.93. The number of rotatable bonds is 5. The van der Waals surface area contributed by atoms with Crippen LogP contribution in [0.4, 0.5) is 0 Å². The van der Waals surface area contributed by atoms with Crippen molar-refractivity contribution in [2.75, 3.05) is 33.4 Å². The van der Waals surface area contributed by atoms with Gasteiger partial charge in [0, 0.05) is 51.1 Å². The third-order valence-corrected chi connectivity index (χ3v) is 5.05. The predicted octanol–water partition coefficient (Wildman–Crippen LogP) is 0.321. The molecular formula is C17H24N4O4. The number of methoxy groups -OCH3 is 1. The van der Waals surface area contributed by atoms with Crippen molar-refractivity contribution in [3.8, 4) is 6.01 Å². The molecule has 0 unspecified atom stereocenters. The number of aliphatic hydroxyl groups is 1. The minimum absolute atomic E-state index is 0.0834. The van der Waals surface area contributed by atoms with Crippen molar-refractivity contribution >= 4 is 11.8 Å². The third kappa shape index (κ3) is 3.73. The fourth-order valence-corrected chi connectivity index (χ4v) is 3.78. The SMILES string of the molecule is COc1ncc(C(=O)N2CC[C@@H]3[C@@H](CCC(=O)N3CCCO)C2)cn1. The van der Waals surface area contributed by atoms with Gasteiger partial charge in [0.2, 0.25) is 5.91 Å². The second-order valence-corrected chi connectivity index (χ2v) is 6.53. The molecule has 1 N–H and O–H groups in total. The van der Waals surface area contributed by atoms with Gasteiger partial charge in [0.05, 0.1) is 12.7 Å². The first-order chi connectivity index (χ1) is 12.1. The molecule has 0 bridgehead atoms. The Hall–Kier alpha value is -2.22. The fraction of sp³-hybridized carbons (Fsp3) is 0.647. The molecule has 0 spiro atoms. The van der Waals surface area contributed by atoms with Gasteiger partial charge in [-0.05, 0) is 25.2 Å². The summed E-state index contributed by atoms with van der Waals surface area (Å²) >= 11 is 0. The Kier molecular flexibility index (Phi) is 5.47. The van der Waals surface area contributed by atoms with E-state index in [1.807, 2.05) is 9.80 Å². The van der Waals surface area contributed by atoms with Crippen molar-refractivity contribution in [3.05, 3.63) is 18.0 Å². The second-order valence-electron chi connectivity index (χ2n) is 6.53. The van der Waals surface area contributed by atoms with E-state index in [1.54, 1.807) is 0 Å². The van der Waals surface area contributed by atoms with Crippen molar-refractivity contribution in [2.45, 2.75) is 31.7 Å². The van der Waals surface area contributed by atoms with Crippen LogP contribution < -0.4 is 4.74 Å². The van der Waals surface area contributed by atoms with Crippen LogP contribution in [0.15, 0.2) is 12.4 Å². The maximum atomic E-state index is 12.7. The normalized spacial score (nSPS) is 23.4. The Morgan fingerprint density at radius 2 is 2.12 bits per heavy atom. The Morgan fingerprint density at radius 3 is 2.80 bits per heavy atom. The lowest BCUT2D eigenvalue weighted by atomic mass is 9.83. The van der Waals surface area contributed by atoms with Gasteiger partial charge in [0.25, 0.3) is 5.91 Å². The van der Waals surface area contributed by atoms with Gasteiger partial charge in [0.1, 0.15) is 0 Å². The van der Waals surface area contributed by atoms with E-state index in [-0.39, 0.29) is 36.4 Å². The molecule has 25 heavy (non-hydrogen) atoms. The van der Waals surface area contributed by atoms with E-state index < -0.39 is 0 Å². The summed E-state index contributed by atoms with van der Waals surface area (Å²) in [5.74, 6) is 0.367. The second kappa shape index (κ2) is 7.77. The number of aromatic nitrogens is 2. The van der Waals surface area contributed by atoms with Crippen LogP contribution in [0.5, 0.6) is 6.01 Å². The van der Waals surface area contributed by atoms with E-state index >= 15 is 0 Å². The number of amides is 2. The minimum atomic E-state index is -0.0834. The fourth-order valence-electron chi connectivity index (χ4n) is 3.78. The first-order valence-corrected chi connectivity index (χ1v) is 8.69. The van der Waals surface area contributed by atoms with Crippen LogP contribution in [0, 0.1) is 5.92 Å². The van der Waals surface area contributed by atoms with E-state index in [2.05, 4.69) is 9.97 Å². The quantitative estimate of drug-likeness (QED) is 0.823. The van der Waals surface area contributed by atoms with Crippen LogP contribution in [0.2, 0.25) is 0 Å². The molecule has 3 rings (SSSR count). The number of hydrogen-bond acceptors (Lipinski definition) is 6. The van der Waals surface area contributed by atoms with Crippen LogP contribution in [0.25, 0.3) is 0 Å². The van der Waals surface area contributed by atoms with E-state index in [0.29, 0.717) is 38.0 Å². The van der Waals surface area contributed by atoms with Gasteiger partial charge >= 0.3 is 6.01 Å². The van der Waals surface area contributed by atoms with Gasteiger partial charge in [-0.25, -0.2) is 9.97 Å². The van der Waals surface area contributed by atoms with E-state index in [4.69, 9.17) is 9.84 Å². The monoisotopic (exact) mass is 348 g/mol. The van der Waals surface area contributed by atoms with E-state index in [1.165, 1.54) is 19.5 Å². The third-order valence-electron chi connectivity index (χ3n) is 5.05. The molecule has 3 heterocycles. The van der Waals surface area contributed by atoms with Gasteiger partial charge in [-0.2, -0.15) is 0 Å². The molecule has 2 amide bonds. The summed E-state index contributed by atoms with van der Waals surface area (Å²) in [5, 5.41) is 9.05. The smallest absolute Gasteiger partial charge is 0.316 e. The molecule has 0 aromatic carbocycles. The van der Waals surface area contributed by atoms with Gasteiger partial charge in [-0.1, -0.05) is 0 Å². The van der Waals surface area contributed by atoms with Gasteiger partial charge in [-0.3, -0.25) is 9.59 Å². The number of fused-ring (bicyclic) bond motifs is 1. The molecule has 0 aliphatic carbocycles. The average molecular weight is 348 g/mol. The molecule has 2 aliphatic rings. The highest BCUT2D eigenvalue weighted by Crippen LogP contribution is 2.31. The molecule has 2 fully saturated rings. The lowest BCUT2D eigenvalue weighted by molar-refractivity contribution is -0.140. The summed E-state index contributed by atoms with van der Waals surface area (Å²) < 4.78 is 4.92. The lowest BCUT2D eigenvalue weighted by Gasteiger charge is -2.47. The molecule has 2 saturated heterocycles. The number of carbonyl (C=O) groups is 2. The number of likely N-dealkylation sites (tertiary alicyclic amines) is 2. The maximum absolute atomic E-state index is 12.7. The minimum Gasteiger partial charge on any atom is -0.467 e. The largest absolute Gasteiger partial charge is 0.467 e. The molecule has 136 valence electrons. The molecule has 2 aliphatic heterocycles. The summed E-state index contributed by atoms with van der Waals surface area (Å²) in [6.07, 6.45) is 5.66. The first-order valence-electron chi connectivity index (χ1n) is 8.69. The van der Waals surface area contributed by atoms with Crippen molar-refractivity contribution in [1.82, 2.24) is 19.8 Å². The number of nitrogens with zero attached hydrogens (tertiary/aromatic N) is 4. The van der Waals surface area contributed by atoms with Crippen molar-refractivity contribution in [3.63, 3.8) is 0 Å². The molecule has 1 aromatic rings. The van der Waals surface area contributed by atoms with Gasteiger partial charge in [-0.15, -0.1) is 0 Å². The standard InChI is InChI=1S/C17H24N4O4/c1-25-17-18-9-13(10-19-17)16(24)20-7-5-14-12(11-20)3-4-15(23)21(14)6-2-8-22/h9-10,12,14,22H,2-8,11H2,1H3/t12-,14+/m0/s1. The number of carbonyl (C=O) groups excluding carboxylic acids is 2. The molecule has 0 radical (unpaired) electrons. The topological polar surface area (TPSA) is 95.9 Å².